The average molecular weight is 276 g/mol. The highest BCUT2D eigenvalue weighted by atomic mass is 16.5. The number of ether oxygens (including phenoxy) is 2. The molecule has 1 fully saturated rings. The minimum atomic E-state index is -0.214. The van der Waals surface area contributed by atoms with Crippen LogP contribution in [0.3, 0.4) is 0 Å². The van der Waals surface area contributed by atoms with Gasteiger partial charge in [0.15, 0.2) is 6.61 Å². The summed E-state index contributed by atoms with van der Waals surface area (Å²) in [7, 11) is 0. The molecule has 2 N–H and O–H groups in total. The Morgan fingerprint density at radius 1 is 1.45 bits per heavy atom. The predicted molar refractivity (Wildman–Crippen MR) is 71.9 cm³/mol. The van der Waals surface area contributed by atoms with Crippen LogP contribution in [-0.2, 0) is 9.53 Å². The minimum absolute atomic E-state index is 0.0115. The third kappa shape index (κ3) is 2.75. The van der Waals surface area contributed by atoms with Gasteiger partial charge < -0.3 is 20.1 Å². The van der Waals surface area contributed by atoms with Crippen LogP contribution >= 0.6 is 0 Å². The fourth-order valence-electron chi connectivity index (χ4n) is 2.34. The Balaban J connectivity index is 1.65. The molecule has 0 spiro atoms. The van der Waals surface area contributed by atoms with E-state index in [9.17, 15) is 9.59 Å². The molecule has 1 unspecified atom stereocenters. The van der Waals surface area contributed by atoms with Crippen molar-refractivity contribution in [3.05, 3.63) is 23.8 Å². The third-order valence-corrected chi connectivity index (χ3v) is 3.39. The second kappa shape index (κ2) is 5.50. The molecular weight excluding hydrogens is 260 g/mol. The summed E-state index contributed by atoms with van der Waals surface area (Å²) in [6.45, 7) is 1.29. The molecule has 2 aliphatic heterocycles. The van der Waals surface area contributed by atoms with E-state index in [2.05, 4.69) is 10.6 Å². The topological polar surface area (TPSA) is 76.7 Å². The van der Waals surface area contributed by atoms with E-state index in [4.69, 9.17) is 9.47 Å². The Morgan fingerprint density at radius 3 is 3.15 bits per heavy atom. The lowest BCUT2D eigenvalue weighted by Gasteiger charge is -2.18. The third-order valence-electron chi connectivity index (χ3n) is 3.39. The lowest BCUT2D eigenvalue weighted by Crippen LogP contribution is -2.32. The molecule has 20 heavy (non-hydrogen) atoms. The van der Waals surface area contributed by atoms with Gasteiger partial charge in [0.1, 0.15) is 5.75 Å². The number of hydrogen-bond donors (Lipinski definition) is 2. The molecule has 1 aromatic carbocycles. The van der Waals surface area contributed by atoms with Gasteiger partial charge in [-0.15, -0.1) is 0 Å². The molecule has 0 aliphatic carbocycles. The Labute approximate surface area is 116 Å². The summed E-state index contributed by atoms with van der Waals surface area (Å²) in [5.74, 6) is 0.192. The van der Waals surface area contributed by atoms with E-state index >= 15 is 0 Å². The van der Waals surface area contributed by atoms with Gasteiger partial charge in [-0.2, -0.15) is 0 Å². The van der Waals surface area contributed by atoms with Gasteiger partial charge in [-0.05, 0) is 31.0 Å². The molecule has 0 aromatic heterocycles. The summed E-state index contributed by atoms with van der Waals surface area (Å²) in [4.78, 5) is 23.3. The van der Waals surface area contributed by atoms with Crippen molar-refractivity contribution in [3.8, 4) is 5.75 Å². The van der Waals surface area contributed by atoms with Crippen molar-refractivity contribution < 1.29 is 19.1 Å². The van der Waals surface area contributed by atoms with Crippen molar-refractivity contribution in [1.82, 2.24) is 5.32 Å². The second-order valence-corrected chi connectivity index (χ2v) is 4.89. The molecule has 3 rings (SSSR count). The summed E-state index contributed by atoms with van der Waals surface area (Å²) in [6, 6.07) is 4.99. The van der Waals surface area contributed by atoms with E-state index < -0.39 is 0 Å². The first-order valence-corrected chi connectivity index (χ1v) is 6.69. The first-order valence-electron chi connectivity index (χ1n) is 6.69. The van der Waals surface area contributed by atoms with Gasteiger partial charge in [0.25, 0.3) is 11.8 Å². The summed E-state index contributed by atoms with van der Waals surface area (Å²) < 4.78 is 10.7. The maximum absolute atomic E-state index is 12.0. The van der Waals surface area contributed by atoms with E-state index in [1.807, 2.05) is 0 Å². The number of benzene rings is 1. The van der Waals surface area contributed by atoms with Crippen LogP contribution in [0.5, 0.6) is 5.75 Å². The van der Waals surface area contributed by atoms with Crippen LogP contribution < -0.4 is 15.4 Å². The number of anilines is 1. The predicted octanol–water partition coefficient (Wildman–Crippen LogP) is 0.926. The van der Waals surface area contributed by atoms with E-state index in [-0.39, 0.29) is 24.5 Å². The van der Waals surface area contributed by atoms with Gasteiger partial charge in [0.2, 0.25) is 0 Å². The summed E-state index contributed by atoms with van der Waals surface area (Å²) in [6.07, 6.45) is 2.14. The maximum atomic E-state index is 12.0. The van der Waals surface area contributed by atoms with Crippen molar-refractivity contribution in [2.75, 3.05) is 25.1 Å². The van der Waals surface area contributed by atoms with Gasteiger partial charge in [-0.1, -0.05) is 0 Å². The van der Waals surface area contributed by atoms with Crippen LogP contribution in [0.1, 0.15) is 23.2 Å². The molecule has 1 aromatic rings. The highest BCUT2D eigenvalue weighted by Crippen LogP contribution is 2.28. The Morgan fingerprint density at radius 2 is 2.35 bits per heavy atom. The zero-order valence-corrected chi connectivity index (χ0v) is 11.0. The van der Waals surface area contributed by atoms with Gasteiger partial charge in [-0.25, -0.2) is 0 Å². The number of fused-ring (bicyclic) bond motifs is 1. The standard InChI is InChI=1S/C14H16N2O4/c17-13-8-20-12-4-3-9(6-11(12)16-13)14(18)15-7-10-2-1-5-19-10/h3-4,6,10H,1-2,5,7-8H2,(H,15,18)(H,16,17). The van der Waals surface area contributed by atoms with Crippen molar-refractivity contribution in [1.29, 1.82) is 0 Å². The first kappa shape index (κ1) is 12.9. The molecule has 6 nitrogen and oxygen atoms in total. The van der Waals surface area contributed by atoms with Gasteiger partial charge >= 0.3 is 0 Å². The Kier molecular flexibility index (Phi) is 3.56. The van der Waals surface area contributed by atoms with Crippen molar-refractivity contribution in [2.24, 2.45) is 0 Å². The highest BCUT2D eigenvalue weighted by Gasteiger charge is 2.19. The first-order chi connectivity index (χ1) is 9.72. The van der Waals surface area contributed by atoms with E-state index in [0.717, 1.165) is 19.4 Å². The summed E-state index contributed by atoms with van der Waals surface area (Å²) in [5.41, 5.74) is 1.03. The molecule has 1 atom stereocenters. The second-order valence-electron chi connectivity index (χ2n) is 4.89. The molecule has 1 saturated heterocycles. The molecule has 2 amide bonds. The number of hydrogen-bond acceptors (Lipinski definition) is 4. The van der Waals surface area contributed by atoms with E-state index in [0.29, 0.717) is 23.5 Å². The molecule has 6 heteroatoms. The molecule has 0 bridgehead atoms. The molecular formula is C14H16N2O4. The zero-order valence-electron chi connectivity index (χ0n) is 11.0. The SMILES string of the molecule is O=C1COc2ccc(C(=O)NCC3CCCO3)cc2N1. The lowest BCUT2D eigenvalue weighted by atomic mass is 10.1. The lowest BCUT2D eigenvalue weighted by molar-refractivity contribution is -0.118. The van der Waals surface area contributed by atoms with Gasteiger partial charge in [0, 0.05) is 18.7 Å². The highest BCUT2D eigenvalue weighted by molar-refractivity contribution is 5.99. The Bertz CT molecular complexity index is 538. The van der Waals surface area contributed by atoms with Crippen molar-refractivity contribution >= 4 is 17.5 Å². The monoisotopic (exact) mass is 276 g/mol. The van der Waals surface area contributed by atoms with Gasteiger partial charge in [-0.3, -0.25) is 9.59 Å². The van der Waals surface area contributed by atoms with Crippen LogP contribution in [-0.4, -0.2) is 37.7 Å². The number of carbonyl (C=O) groups is 2. The van der Waals surface area contributed by atoms with Crippen LogP contribution in [0.2, 0.25) is 0 Å². The maximum Gasteiger partial charge on any atom is 0.262 e. The molecule has 0 radical (unpaired) electrons. The van der Waals surface area contributed by atoms with Crippen molar-refractivity contribution in [3.63, 3.8) is 0 Å². The van der Waals surface area contributed by atoms with Crippen LogP contribution in [0.25, 0.3) is 0 Å². The fourth-order valence-corrected chi connectivity index (χ4v) is 2.34. The van der Waals surface area contributed by atoms with Crippen molar-refractivity contribution in [2.45, 2.75) is 18.9 Å². The van der Waals surface area contributed by atoms with Gasteiger partial charge in [0.05, 0.1) is 11.8 Å². The Hall–Kier alpha value is -2.08. The number of carbonyl (C=O) groups excluding carboxylic acids is 2. The molecule has 106 valence electrons. The quantitative estimate of drug-likeness (QED) is 0.861. The number of amides is 2. The van der Waals surface area contributed by atoms with Crippen LogP contribution in [0.15, 0.2) is 18.2 Å². The summed E-state index contributed by atoms with van der Waals surface area (Å²) >= 11 is 0. The fraction of sp³-hybridized carbons (Fsp3) is 0.429. The van der Waals surface area contributed by atoms with Crippen LogP contribution in [0.4, 0.5) is 5.69 Å². The average Bonchev–Trinajstić information content (AvgIpc) is 2.97. The largest absolute Gasteiger partial charge is 0.482 e. The van der Waals surface area contributed by atoms with Crippen LogP contribution in [0, 0.1) is 0 Å². The molecule has 2 heterocycles. The van der Waals surface area contributed by atoms with E-state index in [1.165, 1.54) is 0 Å². The molecule has 2 aliphatic rings. The number of nitrogens with one attached hydrogen (secondary N) is 2. The summed E-state index contributed by atoms with van der Waals surface area (Å²) in [5, 5.41) is 5.53. The normalized spacial score (nSPS) is 20.8. The smallest absolute Gasteiger partial charge is 0.262 e. The number of rotatable bonds is 3. The van der Waals surface area contributed by atoms with E-state index in [1.54, 1.807) is 18.2 Å². The minimum Gasteiger partial charge on any atom is -0.482 e. The molecule has 0 saturated carbocycles. The zero-order chi connectivity index (χ0) is 13.9.